The molecule has 318 valence electrons. The molecule has 0 atom stereocenters. The Morgan fingerprint density at radius 1 is 0.557 bits per heavy atom. The van der Waals surface area contributed by atoms with E-state index in [-0.39, 0.29) is 0 Å². The molecule has 0 spiro atoms. The van der Waals surface area contributed by atoms with Crippen molar-refractivity contribution < 1.29 is 0 Å². The fourth-order valence-corrected chi connectivity index (χ4v) is 5.77. The quantitative estimate of drug-likeness (QED) is 0.130. The van der Waals surface area contributed by atoms with Gasteiger partial charge >= 0.3 is 0 Å². The number of nitrogens with two attached hydrogens (primary N) is 1. The number of nitrogens with zero attached hydrogens (tertiary/aromatic N) is 11. The second-order valence-corrected chi connectivity index (χ2v) is 14.6. The molecule has 6 heterocycles. The van der Waals surface area contributed by atoms with Crippen LogP contribution in [0.25, 0.3) is 11.6 Å². The number of nitrogen functional groups attached to an aromatic ring is 1. The molecule has 61 heavy (non-hydrogen) atoms. The Labute approximate surface area is 372 Å². The summed E-state index contributed by atoms with van der Waals surface area (Å²) in [6.45, 7) is 16.3. The minimum Gasteiger partial charge on any atom is -0.399 e. The van der Waals surface area contributed by atoms with E-state index in [0.717, 1.165) is 76.8 Å². The monoisotopic (exact) mass is 880 g/mol. The normalized spacial score (nSPS) is 10.1. The Balaban J connectivity index is 0.000000181. The SMILES string of the molecule is CCc1nc(C)cn1-c1cncc(Cl)n1.CCc1nc(C)cn1-c1cncc(Nc2ccc(C)cc2)n1.CCc1ncc(C)[nH]1.Cc1ccc(N)cc1.Clc1cncc(Cl)n1. The van der Waals surface area contributed by atoms with E-state index < -0.39 is 0 Å². The van der Waals surface area contributed by atoms with E-state index in [2.05, 4.69) is 95.0 Å². The predicted molar refractivity (Wildman–Crippen MR) is 246 cm³/mol. The average molecular weight is 882 g/mol. The van der Waals surface area contributed by atoms with Crippen molar-refractivity contribution in [2.24, 2.45) is 0 Å². The number of aryl methyl sites for hydroxylation is 8. The summed E-state index contributed by atoms with van der Waals surface area (Å²) in [5, 5.41) is 4.30. The number of anilines is 3. The van der Waals surface area contributed by atoms with Crippen LogP contribution in [0.1, 0.15) is 66.5 Å². The van der Waals surface area contributed by atoms with E-state index in [1.54, 1.807) is 18.6 Å². The molecule has 0 fully saturated rings. The molecule has 0 saturated heterocycles. The summed E-state index contributed by atoms with van der Waals surface area (Å²) >= 11 is 16.6. The Bertz CT molecular complexity index is 2490. The highest BCUT2D eigenvalue weighted by molar-refractivity contribution is 6.32. The fraction of sp³-hybridized carbons (Fsp3) is 0.250. The summed E-state index contributed by atoms with van der Waals surface area (Å²) in [4.78, 5) is 40.5. The molecule has 0 saturated carbocycles. The van der Waals surface area contributed by atoms with E-state index in [9.17, 15) is 0 Å². The van der Waals surface area contributed by atoms with Crippen molar-refractivity contribution in [2.45, 2.75) is 74.7 Å². The van der Waals surface area contributed by atoms with E-state index in [4.69, 9.17) is 40.5 Å². The van der Waals surface area contributed by atoms with Crippen LogP contribution in [-0.4, -0.2) is 59.0 Å². The largest absolute Gasteiger partial charge is 0.399 e. The molecule has 0 aliphatic carbocycles. The molecule has 6 aromatic heterocycles. The maximum absolute atomic E-state index is 5.79. The van der Waals surface area contributed by atoms with Gasteiger partial charge in [0.15, 0.2) is 17.5 Å². The van der Waals surface area contributed by atoms with Crippen LogP contribution in [0.5, 0.6) is 0 Å². The van der Waals surface area contributed by atoms with Crippen LogP contribution in [0.15, 0.2) is 104 Å². The lowest BCUT2D eigenvalue weighted by Gasteiger charge is -2.09. The highest BCUT2D eigenvalue weighted by Crippen LogP contribution is 2.18. The Hall–Kier alpha value is -6.22. The van der Waals surface area contributed by atoms with Gasteiger partial charge in [0.2, 0.25) is 0 Å². The van der Waals surface area contributed by atoms with Crippen LogP contribution >= 0.6 is 34.8 Å². The van der Waals surface area contributed by atoms with Gasteiger partial charge in [0.1, 0.15) is 32.9 Å². The topological polar surface area (TPSA) is 180 Å². The molecule has 2 aromatic carbocycles. The Kier molecular flexibility index (Phi) is 18.8. The van der Waals surface area contributed by atoms with Crippen LogP contribution in [0.3, 0.4) is 0 Å². The molecular formula is C44H51Cl3N14. The van der Waals surface area contributed by atoms with Gasteiger partial charge in [0.05, 0.1) is 48.6 Å². The van der Waals surface area contributed by atoms with Crippen molar-refractivity contribution >= 4 is 52.0 Å². The number of hydrogen-bond donors (Lipinski definition) is 3. The summed E-state index contributed by atoms with van der Waals surface area (Å²) in [6.07, 6.45) is 18.0. The molecule has 8 rings (SSSR count). The maximum Gasteiger partial charge on any atom is 0.159 e. The first kappa shape index (κ1) is 47.5. The molecule has 14 nitrogen and oxygen atoms in total. The Morgan fingerprint density at radius 3 is 1.44 bits per heavy atom. The molecule has 0 aliphatic heterocycles. The molecule has 0 radical (unpaired) electrons. The fourth-order valence-electron chi connectivity index (χ4n) is 5.29. The number of hydrogen-bond acceptors (Lipinski definition) is 11. The number of imidazole rings is 3. The number of halogens is 3. The number of aromatic nitrogens is 12. The van der Waals surface area contributed by atoms with Gasteiger partial charge < -0.3 is 16.0 Å². The molecule has 0 bridgehead atoms. The second-order valence-electron chi connectivity index (χ2n) is 13.4. The first-order chi connectivity index (χ1) is 29.3. The number of benzene rings is 2. The van der Waals surface area contributed by atoms with Crippen molar-refractivity contribution in [3.63, 3.8) is 0 Å². The minimum absolute atomic E-state index is 0.317. The van der Waals surface area contributed by atoms with Gasteiger partial charge in [-0.15, -0.1) is 0 Å². The van der Waals surface area contributed by atoms with Gasteiger partial charge in [-0.25, -0.2) is 29.9 Å². The molecular weight excluding hydrogens is 831 g/mol. The number of nitrogens with one attached hydrogen (secondary N) is 2. The minimum atomic E-state index is 0.317. The third-order valence-corrected chi connectivity index (χ3v) is 8.75. The second kappa shape index (κ2) is 24.1. The average Bonchev–Trinajstić information content (AvgIpc) is 3.97. The maximum atomic E-state index is 5.79. The number of aromatic amines is 1. The standard InChI is InChI=1S/C17H19N5.C10H11ClN4.C7H9N.C6H10N2.C4H2Cl2N2/c1-4-16-19-13(3)11-22(16)17-10-18-9-15(21-17)20-14-7-5-12(2)6-8-14;1-3-9-13-7(2)6-15(9)10-5-12-4-8(11)14-10;1-6-2-4-7(8)5-3-6;1-3-6-7-4-5(2)8-6;5-3-1-7-2-4(6)8-3/h5-11H,4H2,1-3H3,(H,20,21);4-6H,3H2,1-2H3;2-5H,8H2,1H3;4H,3H2,1-2H3,(H,7,8);1-2H. The summed E-state index contributed by atoms with van der Waals surface area (Å²) in [7, 11) is 0. The van der Waals surface area contributed by atoms with Crippen LogP contribution in [0.2, 0.25) is 15.5 Å². The van der Waals surface area contributed by atoms with Gasteiger partial charge in [-0.2, -0.15) is 0 Å². The molecule has 4 N–H and O–H groups in total. The Morgan fingerprint density at radius 2 is 1.03 bits per heavy atom. The van der Waals surface area contributed by atoms with Crippen molar-refractivity contribution in [3.8, 4) is 11.6 Å². The predicted octanol–water partition coefficient (Wildman–Crippen LogP) is 10.4. The van der Waals surface area contributed by atoms with Crippen LogP contribution in [-0.2, 0) is 19.3 Å². The van der Waals surface area contributed by atoms with Crippen LogP contribution in [0.4, 0.5) is 17.2 Å². The number of H-pyrrole nitrogens is 1. The summed E-state index contributed by atoms with van der Waals surface area (Å²) in [5.74, 6) is 5.22. The zero-order valence-corrected chi connectivity index (χ0v) is 37.8. The van der Waals surface area contributed by atoms with Crippen molar-refractivity contribution in [1.29, 1.82) is 0 Å². The van der Waals surface area contributed by atoms with Gasteiger partial charge in [0.25, 0.3) is 0 Å². The van der Waals surface area contributed by atoms with Gasteiger partial charge in [-0.1, -0.05) is 91.0 Å². The lowest BCUT2D eigenvalue weighted by Crippen LogP contribution is -2.04. The van der Waals surface area contributed by atoms with Crippen molar-refractivity contribution in [3.05, 3.63) is 165 Å². The first-order valence-corrected chi connectivity index (χ1v) is 20.6. The van der Waals surface area contributed by atoms with E-state index >= 15 is 0 Å². The van der Waals surface area contributed by atoms with E-state index in [0.29, 0.717) is 21.3 Å². The van der Waals surface area contributed by atoms with E-state index in [1.807, 2.05) is 91.8 Å². The van der Waals surface area contributed by atoms with Crippen LogP contribution in [0, 0.1) is 34.6 Å². The summed E-state index contributed by atoms with van der Waals surface area (Å²) in [6, 6.07) is 16.0. The molecule has 8 aromatic rings. The lowest BCUT2D eigenvalue weighted by atomic mass is 10.2. The number of rotatable bonds is 7. The summed E-state index contributed by atoms with van der Waals surface area (Å²) < 4.78 is 3.90. The zero-order valence-electron chi connectivity index (χ0n) is 35.6. The zero-order chi connectivity index (χ0) is 44.3. The molecule has 17 heteroatoms. The smallest absolute Gasteiger partial charge is 0.159 e. The van der Waals surface area contributed by atoms with E-state index in [1.165, 1.54) is 29.7 Å². The van der Waals surface area contributed by atoms with Crippen LogP contribution < -0.4 is 11.1 Å². The summed E-state index contributed by atoms with van der Waals surface area (Å²) in [5.41, 5.74) is 12.8. The van der Waals surface area contributed by atoms with Crippen molar-refractivity contribution in [1.82, 2.24) is 59.0 Å². The third-order valence-electron chi connectivity index (χ3n) is 8.21. The first-order valence-electron chi connectivity index (χ1n) is 19.5. The van der Waals surface area contributed by atoms with Gasteiger partial charge in [0, 0.05) is 54.9 Å². The molecule has 0 aliphatic rings. The highest BCUT2D eigenvalue weighted by atomic mass is 35.5. The highest BCUT2D eigenvalue weighted by Gasteiger charge is 2.09. The van der Waals surface area contributed by atoms with Gasteiger partial charge in [-0.3, -0.25) is 24.1 Å². The van der Waals surface area contributed by atoms with Gasteiger partial charge in [-0.05, 0) is 58.9 Å². The van der Waals surface area contributed by atoms with Crippen molar-refractivity contribution in [2.75, 3.05) is 11.1 Å². The molecule has 0 unspecified atom stereocenters. The molecule has 0 amide bonds. The lowest BCUT2D eigenvalue weighted by molar-refractivity contribution is 0.860. The third kappa shape index (κ3) is 16.1.